The Kier molecular flexibility index (Phi) is 5.25. The molecule has 2 amide bonds. The van der Waals surface area contributed by atoms with Crippen molar-refractivity contribution in [3.63, 3.8) is 0 Å². The van der Waals surface area contributed by atoms with Crippen LogP contribution in [0.4, 0.5) is 10.5 Å². The molecule has 2 aromatic rings. The molecule has 1 aliphatic rings. The Morgan fingerprint density at radius 1 is 1.38 bits per heavy atom. The maximum absolute atomic E-state index is 12.1. The molecule has 2 aromatic heterocycles. The Bertz CT molecular complexity index is 681. The quantitative estimate of drug-likeness (QED) is 0.878. The molecule has 128 valence electrons. The SMILES string of the molecule is COc1ncccc1NC(=O)NCc1nncn1C1CCCCC1. The van der Waals surface area contributed by atoms with Crippen LogP contribution in [0.25, 0.3) is 0 Å². The number of carbonyl (C=O) groups is 1. The molecular weight excluding hydrogens is 308 g/mol. The molecule has 1 fully saturated rings. The largest absolute Gasteiger partial charge is 0.480 e. The molecule has 0 spiro atoms. The highest BCUT2D eigenvalue weighted by Crippen LogP contribution is 2.28. The predicted molar refractivity (Wildman–Crippen MR) is 88.8 cm³/mol. The standard InChI is InChI=1S/C16H22N6O2/c1-24-15-13(8-5-9-17-15)20-16(23)18-10-14-21-19-11-22(14)12-6-3-2-4-7-12/h5,8-9,11-12H,2-4,6-7,10H2,1H3,(H2,18,20,23). The summed E-state index contributed by atoms with van der Waals surface area (Å²) in [7, 11) is 1.51. The lowest BCUT2D eigenvalue weighted by Gasteiger charge is -2.24. The Labute approximate surface area is 140 Å². The van der Waals surface area contributed by atoms with Crippen LogP contribution in [0.2, 0.25) is 0 Å². The van der Waals surface area contributed by atoms with Crippen LogP contribution < -0.4 is 15.4 Å². The summed E-state index contributed by atoms with van der Waals surface area (Å²) in [6, 6.07) is 3.57. The van der Waals surface area contributed by atoms with Crippen molar-refractivity contribution in [3.05, 3.63) is 30.5 Å². The average molecular weight is 330 g/mol. The van der Waals surface area contributed by atoms with E-state index in [1.54, 1.807) is 24.7 Å². The second-order valence-electron chi connectivity index (χ2n) is 5.81. The number of aromatic nitrogens is 4. The van der Waals surface area contributed by atoms with Gasteiger partial charge in [0.2, 0.25) is 5.88 Å². The summed E-state index contributed by atoms with van der Waals surface area (Å²) in [5.41, 5.74) is 0.520. The minimum atomic E-state index is -0.334. The van der Waals surface area contributed by atoms with Gasteiger partial charge in [-0.2, -0.15) is 0 Å². The first-order valence-corrected chi connectivity index (χ1v) is 8.20. The van der Waals surface area contributed by atoms with Crippen LogP contribution in [0.1, 0.15) is 44.0 Å². The zero-order chi connectivity index (χ0) is 16.8. The van der Waals surface area contributed by atoms with Gasteiger partial charge in [0.25, 0.3) is 0 Å². The molecule has 0 unspecified atom stereocenters. The van der Waals surface area contributed by atoms with Crippen molar-refractivity contribution in [3.8, 4) is 5.88 Å². The Balaban J connectivity index is 1.58. The third-order valence-corrected chi connectivity index (χ3v) is 4.24. The van der Waals surface area contributed by atoms with Gasteiger partial charge in [-0.15, -0.1) is 10.2 Å². The van der Waals surface area contributed by atoms with Crippen LogP contribution >= 0.6 is 0 Å². The number of rotatable bonds is 5. The fourth-order valence-corrected chi connectivity index (χ4v) is 3.03. The second kappa shape index (κ2) is 7.76. The Morgan fingerprint density at radius 2 is 2.21 bits per heavy atom. The third-order valence-electron chi connectivity index (χ3n) is 4.24. The minimum absolute atomic E-state index is 0.324. The summed E-state index contributed by atoms with van der Waals surface area (Å²) < 4.78 is 7.20. The summed E-state index contributed by atoms with van der Waals surface area (Å²) >= 11 is 0. The van der Waals surface area contributed by atoms with E-state index in [9.17, 15) is 4.79 Å². The highest BCUT2D eigenvalue weighted by atomic mass is 16.5. The van der Waals surface area contributed by atoms with Crippen molar-refractivity contribution in [2.75, 3.05) is 12.4 Å². The summed E-state index contributed by atoms with van der Waals surface area (Å²) in [5, 5.41) is 13.7. The van der Waals surface area contributed by atoms with E-state index in [1.165, 1.54) is 26.4 Å². The second-order valence-corrected chi connectivity index (χ2v) is 5.81. The van der Waals surface area contributed by atoms with Crippen LogP contribution in [0.5, 0.6) is 5.88 Å². The fourth-order valence-electron chi connectivity index (χ4n) is 3.03. The number of amides is 2. The monoisotopic (exact) mass is 330 g/mol. The highest BCUT2D eigenvalue weighted by molar-refractivity contribution is 5.90. The average Bonchev–Trinajstić information content (AvgIpc) is 3.10. The number of methoxy groups -OCH3 is 1. The maximum atomic E-state index is 12.1. The number of carbonyl (C=O) groups excluding carboxylic acids is 1. The molecule has 2 heterocycles. The van der Waals surface area contributed by atoms with Crippen LogP contribution in [-0.2, 0) is 6.54 Å². The Hall–Kier alpha value is -2.64. The van der Waals surface area contributed by atoms with Crippen molar-refractivity contribution >= 4 is 11.7 Å². The smallest absolute Gasteiger partial charge is 0.319 e. The topological polar surface area (TPSA) is 94.0 Å². The molecule has 0 aliphatic heterocycles. The van der Waals surface area contributed by atoms with Gasteiger partial charge >= 0.3 is 6.03 Å². The van der Waals surface area contributed by atoms with Crippen LogP contribution in [0, 0.1) is 0 Å². The molecule has 0 bridgehead atoms. The molecule has 8 heteroatoms. The predicted octanol–water partition coefficient (Wildman–Crippen LogP) is 2.51. The van der Waals surface area contributed by atoms with E-state index in [4.69, 9.17) is 4.74 Å². The molecule has 0 atom stereocenters. The van der Waals surface area contributed by atoms with Gasteiger partial charge in [-0.1, -0.05) is 19.3 Å². The normalized spacial score (nSPS) is 15.0. The van der Waals surface area contributed by atoms with E-state index in [1.807, 2.05) is 0 Å². The van der Waals surface area contributed by atoms with Crippen LogP contribution in [-0.4, -0.2) is 32.9 Å². The molecule has 0 aromatic carbocycles. The minimum Gasteiger partial charge on any atom is -0.480 e. The number of nitrogens with zero attached hydrogens (tertiary/aromatic N) is 4. The third kappa shape index (κ3) is 3.81. The lowest BCUT2D eigenvalue weighted by atomic mass is 9.95. The lowest BCUT2D eigenvalue weighted by Crippen LogP contribution is -2.30. The van der Waals surface area contributed by atoms with Gasteiger partial charge in [0.1, 0.15) is 12.0 Å². The first kappa shape index (κ1) is 16.2. The summed E-state index contributed by atoms with van der Waals surface area (Å²) in [6.07, 6.45) is 9.41. The number of hydrogen-bond donors (Lipinski definition) is 2. The highest BCUT2D eigenvalue weighted by Gasteiger charge is 2.18. The molecule has 1 aliphatic carbocycles. The number of ether oxygens (including phenoxy) is 1. The van der Waals surface area contributed by atoms with Gasteiger partial charge in [0.15, 0.2) is 5.82 Å². The zero-order valence-corrected chi connectivity index (χ0v) is 13.7. The van der Waals surface area contributed by atoms with Gasteiger partial charge in [0, 0.05) is 12.2 Å². The first-order chi connectivity index (χ1) is 11.8. The molecular formula is C16H22N6O2. The number of nitrogens with one attached hydrogen (secondary N) is 2. The fraction of sp³-hybridized carbons (Fsp3) is 0.500. The first-order valence-electron chi connectivity index (χ1n) is 8.20. The Morgan fingerprint density at radius 3 is 3.00 bits per heavy atom. The summed E-state index contributed by atoms with van der Waals surface area (Å²) in [6.45, 7) is 0.324. The van der Waals surface area contributed by atoms with Gasteiger partial charge in [0.05, 0.1) is 13.7 Å². The zero-order valence-electron chi connectivity index (χ0n) is 13.7. The molecule has 3 rings (SSSR count). The van der Waals surface area contributed by atoms with E-state index >= 15 is 0 Å². The van der Waals surface area contributed by atoms with E-state index in [0.717, 1.165) is 18.7 Å². The molecule has 0 saturated heterocycles. The van der Waals surface area contributed by atoms with Crippen LogP contribution in [0.15, 0.2) is 24.7 Å². The van der Waals surface area contributed by atoms with E-state index in [-0.39, 0.29) is 6.03 Å². The number of anilines is 1. The molecule has 8 nitrogen and oxygen atoms in total. The number of urea groups is 1. The van der Waals surface area contributed by atoms with Gasteiger partial charge < -0.3 is 19.9 Å². The van der Waals surface area contributed by atoms with E-state index in [0.29, 0.717) is 24.2 Å². The maximum Gasteiger partial charge on any atom is 0.319 e. The van der Waals surface area contributed by atoms with Gasteiger partial charge in [-0.3, -0.25) is 0 Å². The van der Waals surface area contributed by atoms with Gasteiger partial charge in [-0.05, 0) is 25.0 Å². The van der Waals surface area contributed by atoms with Crippen molar-refractivity contribution in [1.82, 2.24) is 25.1 Å². The molecule has 1 saturated carbocycles. The molecule has 24 heavy (non-hydrogen) atoms. The van der Waals surface area contributed by atoms with Crippen LogP contribution in [0.3, 0.4) is 0 Å². The van der Waals surface area contributed by atoms with Crippen molar-refractivity contribution in [1.29, 1.82) is 0 Å². The van der Waals surface area contributed by atoms with Crippen molar-refractivity contribution < 1.29 is 9.53 Å². The summed E-state index contributed by atoms with van der Waals surface area (Å²) in [5.74, 6) is 1.15. The number of pyridine rings is 1. The van der Waals surface area contributed by atoms with Crippen molar-refractivity contribution in [2.45, 2.75) is 44.7 Å². The van der Waals surface area contributed by atoms with Crippen molar-refractivity contribution in [2.24, 2.45) is 0 Å². The van der Waals surface area contributed by atoms with E-state index < -0.39 is 0 Å². The molecule has 0 radical (unpaired) electrons. The number of hydrogen-bond acceptors (Lipinski definition) is 5. The lowest BCUT2D eigenvalue weighted by molar-refractivity contribution is 0.251. The summed E-state index contributed by atoms with van der Waals surface area (Å²) in [4.78, 5) is 16.1. The van der Waals surface area contributed by atoms with Gasteiger partial charge in [-0.25, -0.2) is 9.78 Å². The van der Waals surface area contributed by atoms with E-state index in [2.05, 4.69) is 30.4 Å². The molecule has 2 N–H and O–H groups in total.